The van der Waals surface area contributed by atoms with Gasteiger partial charge in [0.25, 0.3) is 5.91 Å². The van der Waals surface area contributed by atoms with Gasteiger partial charge in [-0.3, -0.25) is 14.8 Å². The van der Waals surface area contributed by atoms with Gasteiger partial charge >= 0.3 is 0 Å². The third-order valence-electron chi connectivity index (χ3n) is 5.16. The molecule has 0 saturated carbocycles. The first kappa shape index (κ1) is 18.9. The van der Waals surface area contributed by atoms with Crippen LogP contribution in [0.4, 0.5) is 11.4 Å². The van der Waals surface area contributed by atoms with E-state index in [1.807, 2.05) is 29.2 Å². The molecule has 0 atom stereocenters. The number of carbonyl (C=O) groups is 1. The van der Waals surface area contributed by atoms with E-state index in [0.29, 0.717) is 25.3 Å². The van der Waals surface area contributed by atoms with Gasteiger partial charge in [-0.05, 0) is 54.4 Å². The summed E-state index contributed by atoms with van der Waals surface area (Å²) < 4.78 is 0. The number of nitrogens with zero attached hydrogens (tertiary/aromatic N) is 4. The molecule has 6 heteroatoms. The second-order valence-corrected chi connectivity index (χ2v) is 7.26. The van der Waals surface area contributed by atoms with Crippen LogP contribution in [0, 0.1) is 6.92 Å². The minimum Gasteiger partial charge on any atom is -0.381 e. The normalized spacial score (nSPS) is 14.0. The van der Waals surface area contributed by atoms with Gasteiger partial charge in [-0.1, -0.05) is 12.1 Å². The van der Waals surface area contributed by atoms with Gasteiger partial charge in [0, 0.05) is 62.7 Å². The van der Waals surface area contributed by atoms with Gasteiger partial charge in [-0.25, -0.2) is 0 Å². The number of benzene rings is 1. The molecule has 3 heterocycles. The van der Waals surface area contributed by atoms with Gasteiger partial charge in [-0.2, -0.15) is 0 Å². The van der Waals surface area contributed by atoms with Gasteiger partial charge in [0.1, 0.15) is 5.69 Å². The molecule has 4 rings (SSSR count). The maximum Gasteiger partial charge on any atom is 0.272 e. The number of hydrogen-bond acceptors (Lipinski definition) is 5. The van der Waals surface area contributed by atoms with Crippen LogP contribution in [-0.2, 0) is 6.54 Å². The largest absolute Gasteiger partial charge is 0.381 e. The molecule has 0 spiro atoms. The van der Waals surface area contributed by atoms with Crippen LogP contribution in [0.1, 0.15) is 21.6 Å². The number of amides is 1. The van der Waals surface area contributed by atoms with Crippen LogP contribution >= 0.6 is 0 Å². The lowest BCUT2D eigenvalue weighted by Gasteiger charge is -2.36. The fraction of sp³-hybridized carbons (Fsp3) is 0.261. The molecule has 0 aliphatic carbocycles. The van der Waals surface area contributed by atoms with E-state index < -0.39 is 0 Å². The van der Waals surface area contributed by atoms with Gasteiger partial charge < -0.3 is 15.1 Å². The molecule has 1 N–H and O–H groups in total. The van der Waals surface area contributed by atoms with Crippen molar-refractivity contribution in [1.82, 2.24) is 14.9 Å². The Morgan fingerprint density at radius 2 is 1.79 bits per heavy atom. The predicted octanol–water partition coefficient (Wildman–Crippen LogP) is 3.36. The highest BCUT2D eigenvalue weighted by atomic mass is 16.2. The van der Waals surface area contributed by atoms with Crippen LogP contribution in [-0.4, -0.2) is 47.0 Å². The van der Waals surface area contributed by atoms with E-state index in [2.05, 4.69) is 51.4 Å². The van der Waals surface area contributed by atoms with Crippen LogP contribution in [0.25, 0.3) is 0 Å². The molecule has 0 unspecified atom stereocenters. The summed E-state index contributed by atoms with van der Waals surface area (Å²) in [5.74, 6) is -0.0125. The van der Waals surface area contributed by atoms with Crippen molar-refractivity contribution in [3.63, 3.8) is 0 Å². The van der Waals surface area contributed by atoms with E-state index in [9.17, 15) is 4.79 Å². The summed E-state index contributed by atoms with van der Waals surface area (Å²) >= 11 is 0. The lowest BCUT2D eigenvalue weighted by molar-refractivity contribution is 0.0741. The van der Waals surface area contributed by atoms with Gasteiger partial charge in [0.15, 0.2) is 0 Å². The molecular formula is C23H25N5O. The zero-order chi connectivity index (χ0) is 20.1. The molecule has 1 saturated heterocycles. The minimum absolute atomic E-state index is 0.0125. The first-order valence-electron chi connectivity index (χ1n) is 9.89. The number of nitrogens with one attached hydrogen (secondary N) is 1. The van der Waals surface area contributed by atoms with Crippen molar-refractivity contribution in [2.45, 2.75) is 13.5 Å². The molecule has 1 aromatic carbocycles. The van der Waals surface area contributed by atoms with Crippen LogP contribution in [0.3, 0.4) is 0 Å². The summed E-state index contributed by atoms with van der Waals surface area (Å²) in [5, 5.41) is 3.35. The van der Waals surface area contributed by atoms with Crippen molar-refractivity contribution in [3.05, 3.63) is 83.9 Å². The molecule has 1 fully saturated rings. The Morgan fingerprint density at radius 1 is 1.00 bits per heavy atom. The number of aromatic nitrogens is 2. The molecule has 6 nitrogen and oxygen atoms in total. The number of anilines is 2. The van der Waals surface area contributed by atoms with Crippen LogP contribution in [0.2, 0.25) is 0 Å². The highest BCUT2D eigenvalue weighted by Gasteiger charge is 2.23. The topological polar surface area (TPSA) is 61.4 Å². The fourth-order valence-corrected chi connectivity index (χ4v) is 3.52. The van der Waals surface area contributed by atoms with Gasteiger partial charge in [0.2, 0.25) is 0 Å². The standard InChI is InChI=1S/C23H25N5O/c1-18-3-2-4-21(15-18)27-11-13-28(14-12-27)23(29)22-16-20(7-10-25-22)26-17-19-5-8-24-9-6-19/h2-10,15-16H,11-14,17H2,1H3,(H,25,26). The van der Waals surface area contributed by atoms with Crippen molar-refractivity contribution in [2.75, 3.05) is 36.4 Å². The number of pyridine rings is 2. The Balaban J connectivity index is 1.36. The highest BCUT2D eigenvalue weighted by Crippen LogP contribution is 2.19. The molecule has 3 aromatic rings. The van der Waals surface area contributed by atoms with Crippen molar-refractivity contribution >= 4 is 17.3 Å². The molecule has 0 radical (unpaired) electrons. The van der Waals surface area contributed by atoms with E-state index in [0.717, 1.165) is 24.3 Å². The molecule has 1 aliphatic rings. The highest BCUT2D eigenvalue weighted by molar-refractivity contribution is 5.93. The summed E-state index contributed by atoms with van der Waals surface area (Å²) in [4.78, 5) is 25.5. The zero-order valence-electron chi connectivity index (χ0n) is 16.6. The van der Waals surface area contributed by atoms with Crippen LogP contribution < -0.4 is 10.2 Å². The average Bonchev–Trinajstić information content (AvgIpc) is 2.78. The monoisotopic (exact) mass is 387 g/mol. The first-order chi connectivity index (χ1) is 14.2. The summed E-state index contributed by atoms with van der Waals surface area (Å²) in [6.07, 6.45) is 5.23. The number of piperazine rings is 1. The maximum atomic E-state index is 12.9. The van der Waals surface area contributed by atoms with Gasteiger partial charge in [0.05, 0.1) is 0 Å². The maximum absolute atomic E-state index is 12.9. The van der Waals surface area contributed by atoms with E-state index >= 15 is 0 Å². The molecule has 1 aliphatic heterocycles. The molecule has 148 valence electrons. The van der Waals surface area contributed by atoms with E-state index in [-0.39, 0.29) is 5.91 Å². The Morgan fingerprint density at radius 3 is 2.55 bits per heavy atom. The third-order valence-corrected chi connectivity index (χ3v) is 5.16. The third kappa shape index (κ3) is 4.71. The summed E-state index contributed by atoms with van der Waals surface area (Å²) in [6.45, 7) is 5.83. The second-order valence-electron chi connectivity index (χ2n) is 7.26. The van der Waals surface area contributed by atoms with Crippen molar-refractivity contribution in [2.24, 2.45) is 0 Å². The van der Waals surface area contributed by atoms with E-state index in [1.165, 1.54) is 11.3 Å². The Hall–Kier alpha value is -3.41. The Bertz CT molecular complexity index is 968. The smallest absolute Gasteiger partial charge is 0.272 e. The summed E-state index contributed by atoms with van der Waals surface area (Å²) in [5.41, 5.74) is 4.98. The Labute approximate surface area is 171 Å². The summed E-state index contributed by atoms with van der Waals surface area (Å²) in [6, 6.07) is 16.1. The first-order valence-corrected chi connectivity index (χ1v) is 9.89. The molecule has 0 bridgehead atoms. The van der Waals surface area contributed by atoms with Crippen molar-refractivity contribution in [1.29, 1.82) is 0 Å². The number of aryl methyl sites for hydroxylation is 1. The molecular weight excluding hydrogens is 362 g/mol. The number of carbonyl (C=O) groups excluding carboxylic acids is 1. The molecule has 2 aromatic heterocycles. The second kappa shape index (κ2) is 8.73. The molecule has 1 amide bonds. The quantitative estimate of drug-likeness (QED) is 0.727. The van der Waals surface area contributed by atoms with Crippen LogP contribution in [0.5, 0.6) is 0 Å². The summed E-state index contributed by atoms with van der Waals surface area (Å²) in [7, 11) is 0. The van der Waals surface area contributed by atoms with Gasteiger partial charge in [-0.15, -0.1) is 0 Å². The van der Waals surface area contributed by atoms with E-state index in [1.54, 1.807) is 18.6 Å². The average molecular weight is 387 g/mol. The van der Waals surface area contributed by atoms with Crippen molar-refractivity contribution < 1.29 is 4.79 Å². The lowest BCUT2D eigenvalue weighted by atomic mass is 10.2. The SMILES string of the molecule is Cc1cccc(N2CCN(C(=O)c3cc(NCc4ccncc4)ccn3)CC2)c1. The zero-order valence-corrected chi connectivity index (χ0v) is 16.6. The number of rotatable bonds is 5. The van der Waals surface area contributed by atoms with Crippen LogP contribution in [0.15, 0.2) is 67.1 Å². The Kier molecular flexibility index (Phi) is 5.70. The number of hydrogen-bond donors (Lipinski definition) is 1. The van der Waals surface area contributed by atoms with Crippen molar-refractivity contribution in [3.8, 4) is 0 Å². The van der Waals surface area contributed by atoms with E-state index in [4.69, 9.17) is 0 Å². The molecule has 29 heavy (non-hydrogen) atoms. The predicted molar refractivity (Wildman–Crippen MR) is 115 cm³/mol. The minimum atomic E-state index is -0.0125. The fourth-order valence-electron chi connectivity index (χ4n) is 3.52. The lowest BCUT2D eigenvalue weighted by Crippen LogP contribution is -2.49.